The third kappa shape index (κ3) is 2.53. The molecule has 0 aliphatic rings. The van der Waals surface area contributed by atoms with Crippen LogP contribution < -0.4 is 0 Å². The first kappa shape index (κ1) is 13.0. The van der Waals surface area contributed by atoms with E-state index < -0.39 is 0 Å². The summed E-state index contributed by atoms with van der Waals surface area (Å²) in [6.45, 7) is 13.1. The van der Waals surface area contributed by atoms with Crippen molar-refractivity contribution in [2.45, 2.75) is 52.4 Å². The highest BCUT2D eigenvalue weighted by Gasteiger charge is 2.18. The second kappa shape index (κ2) is 4.04. The van der Waals surface area contributed by atoms with E-state index >= 15 is 0 Å². The van der Waals surface area contributed by atoms with Gasteiger partial charge in [0, 0.05) is 22.2 Å². The number of hydrogen-bond acceptors (Lipinski definition) is 2. The molecule has 96 valence electrons. The maximum absolute atomic E-state index is 4.71. The van der Waals surface area contributed by atoms with Crippen LogP contribution >= 0.6 is 0 Å². The third-order valence-corrected chi connectivity index (χ3v) is 3.08. The van der Waals surface area contributed by atoms with Crippen LogP contribution in [0.4, 0.5) is 0 Å². The molecule has 0 aromatic carbocycles. The second-order valence-corrected chi connectivity index (χ2v) is 6.93. The van der Waals surface area contributed by atoms with Crippen molar-refractivity contribution in [3.05, 3.63) is 35.7 Å². The molecule has 0 bridgehead atoms. The number of rotatable bonds is 0. The van der Waals surface area contributed by atoms with Gasteiger partial charge in [-0.1, -0.05) is 41.5 Å². The number of fused-ring (bicyclic) bond motifs is 1. The van der Waals surface area contributed by atoms with Gasteiger partial charge in [0.1, 0.15) is 0 Å². The second-order valence-electron chi connectivity index (χ2n) is 6.93. The molecular weight excluding hydrogens is 220 g/mol. The summed E-state index contributed by atoms with van der Waals surface area (Å²) < 4.78 is 0. The summed E-state index contributed by atoms with van der Waals surface area (Å²) in [5.41, 5.74) is 4.35. The average Bonchev–Trinajstić information content (AvgIpc) is 2.25. The van der Waals surface area contributed by atoms with Crippen molar-refractivity contribution in [3.63, 3.8) is 0 Å². The summed E-state index contributed by atoms with van der Waals surface area (Å²) >= 11 is 0. The molecule has 18 heavy (non-hydrogen) atoms. The Morgan fingerprint density at radius 1 is 0.611 bits per heavy atom. The lowest BCUT2D eigenvalue weighted by molar-refractivity contribution is 0.567. The van der Waals surface area contributed by atoms with E-state index in [1.165, 1.54) is 0 Å². The Bertz CT molecular complexity index is 518. The first-order valence-electron chi connectivity index (χ1n) is 6.47. The van der Waals surface area contributed by atoms with E-state index in [1.807, 2.05) is 0 Å². The Labute approximate surface area is 109 Å². The SMILES string of the molecule is CC(C)(C)c1ccc2nc(C(C)(C)C)ccc2n1. The van der Waals surface area contributed by atoms with Crippen LogP contribution in [0.3, 0.4) is 0 Å². The molecule has 2 nitrogen and oxygen atoms in total. The zero-order chi connectivity index (χ0) is 13.6. The highest BCUT2D eigenvalue weighted by molar-refractivity contribution is 5.74. The Morgan fingerprint density at radius 3 is 1.22 bits per heavy atom. The maximum atomic E-state index is 4.71. The van der Waals surface area contributed by atoms with E-state index in [0.29, 0.717) is 0 Å². The minimum Gasteiger partial charge on any atom is -0.251 e. The minimum atomic E-state index is 0.0802. The standard InChI is InChI=1S/C16H22N2/c1-15(2,3)13-9-7-12-11(17-13)8-10-14(18-12)16(4,5)6/h7-10H,1-6H3. The number of aromatic nitrogens is 2. The fourth-order valence-corrected chi connectivity index (χ4v) is 1.85. The van der Waals surface area contributed by atoms with Gasteiger partial charge in [-0.3, -0.25) is 9.97 Å². The summed E-state index contributed by atoms with van der Waals surface area (Å²) in [4.78, 5) is 9.41. The van der Waals surface area contributed by atoms with Crippen molar-refractivity contribution >= 4 is 11.0 Å². The van der Waals surface area contributed by atoms with Gasteiger partial charge in [-0.15, -0.1) is 0 Å². The van der Waals surface area contributed by atoms with Gasteiger partial charge in [-0.05, 0) is 24.3 Å². The Hall–Kier alpha value is -1.44. The molecule has 2 heterocycles. The lowest BCUT2D eigenvalue weighted by atomic mass is 9.90. The van der Waals surface area contributed by atoms with Crippen molar-refractivity contribution < 1.29 is 0 Å². The molecule has 0 aliphatic heterocycles. The summed E-state index contributed by atoms with van der Waals surface area (Å²) in [5, 5.41) is 0. The summed E-state index contributed by atoms with van der Waals surface area (Å²) in [6.07, 6.45) is 0. The molecule has 0 radical (unpaired) electrons. The van der Waals surface area contributed by atoms with Gasteiger partial charge in [-0.25, -0.2) is 0 Å². The Balaban J connectivity index is 2.56. The summed E-state index contributed by atoms with van der Waals surface area (Å²) in [7, 11) is 0. The quantitative estimate of drug-likeness (QED) is 0.691. The molecule has 0 amide bonds. The van der Waals surface area contributed by atoms with Crippen molar-refractivity contribution in [1.82, 2.24) is 9.97 Å². The minimum absolute atomic E-state index is 0.0802. The molecule has 2 heteroatoms. The maximum Gasteiger partial charge on any atom is 0.0890 e. The molecule has 0 unspecified atom stereocenters. The molecule has 0 N–H and O–H groups in total. The smallest absolute Gasteiger partial charge is 0.0890 e. The van der Waals surface area contributed by atoms with Crippen LogP contribution in [-0.2, 0) is 10.8 Å². The average molecular weight is 242 g/mol. The predicted octanol–water partition coefficient (Wildman–Crippen LogP) is 4.22. The Morgan fingerprint density at radius 2 is 0.944 bits per heavy atom. The highest BCUT2D eigenvalue weighted by Crippen LogP contribution is 2.25. The van der Waals surface area contributed by atoms with E-state index in [9.17, 15) is 0 Å². The van der Waals surface area contributed by atoms with Gasteiger partial charge in [0.05, 0.1) is 11.0 Å². The van der Waals surface area contributed by atoms with Crippen molar-refractivity contribution in [2.75, 3.05) is 0 Å². The fourth-order valence-electron chi connectivity index (χ4n) is 1.85. The zero-order valence-corrected chi connectivity index (χ0v) is 12.2. The summed E-state index contributed by atoms with van der Waals surface area (Å²) in [5.74, 6) is 0. The lowest BCUT2D eigenvalue weighted by Crippen LogP contribution is -2.15. The van der Waals surface area contributed by atoms with Gasteiger partial charge in [0.15, 0.2) is 0 Å². The van der Waals surface area contributed by atoms with Crippen molar-refractivity contribution in [3.8, 4) is 0 Å². The number of nitrogens with zero attached hydrogens (tertiary/aromatic N) is 2. The fraction of sp³-hybridized carbons (Fsp3) is 0.500. The molecular formula is C16H22N2. The first-order valence-corrected chi connectivity index (χ1v) is 6.47. The molecule has 0 aliphatic carbocycles. The van der Waals surface area contributed by atoms with Gasteiger partial charge in [-0.2, -0.15) is 0 Å². The number of hydrogen-bond donors (Lipinski definition) is 0. The normalized spacial score (nSPS) is 13.0. The topological polar surface area (TPSA) is 25.8 Å². The van der Waals surface area contributed by atoms with Crippen molar-refractivity contribution in [2.24, 2.45) is 0 Å². The molecule has 2 aromatic heterocycles. The molecule has 0 atom stereocenters. The van der Waals surface area contributed by atoms with Crippen LogP contribution in [0.5, 0.6) is 0 Å². The van der Waals surface area contributed by atoms with Gasteiger partial charge >= 0.3 is 0 Å². The molecule has 0 saturated heterocycles. The molecule has 2 aromatic rings. The number of pyridine rings is 2. The largest absolute Gasteiger partial charge is 0.251 e. The molecule has 2 rings (SSSR count). The Kier molecular flexibility index (Phi) is 2.92. The predicted molar refractivity (Wildman–Crippen MR) is 76.9 cm³/mol. The van der Waals surface area contributed by atoms with E-state index in [4.69, 9.17) is 9.97 Å². The van der Waals surface area contributed by atoms with E-state index in [-0.39, 0.29) is 10.8 Å². The van der Waals surface area contributed by atoms with Crippen molar-refractivity contribution in [1.29, 1.82) is 0 Å². The van der Waals surface area contributed by atoms with Crippen LogP contribution in [0.25, 0.3) is 11.0 Å². The van der Waals surface area contributed by atoms with Gasteiger partial charge < -0.3 is 0 Å². The van der Waals surface area contributed by atoms with E-state index in [2.05, 4.69) is 65.8 Å². The van der Waals surface area contributed by atoms with Gasteiger partial charge in [0.2, 0.25) is 0 Å². The zero-order valence-electron chi connectivity index (χ0n) is 12.2. The monoisotopic (exact) mass is 242 g/mol. The van der Waals surface area contributed by atoms with E-state index in [0.717, 1.165) is 22.4 Å². The summed E-state index contributed by atoms with van der Waals surface area (Å²) in [6, 6.07) is 8.33. The molecule has 0 saturated carbocycles. The van der Waals surface area contributed by atoms with E-state index in [1.54, 1.807) is 0 Å². The third-order valence-electron chi connectivity index (χ3n) is 3.08. The first-order chi connectivity index (χ1) is 8.18. The van der Waals surface area contributed by atoms with Gasteiger partial charge in [0.25, 0.3) is 0 Å². The van der Waals surface area contributed by atoms with Crippen LogP contribution in [0.1, 0.15) is 52.9 Å². The molecule has 0 spiro atoms. The van der Waals surface area contributed by atoms with Crippen LogP contribution in [0, 0.1) is 0 Å². The van der Waals surface area contributed by atoms with Crippen LogP contribution in [-0.4, -0.2) is 9.97 Å². The molecule has 0 fully saturated rings. The van der Waals surface area contributed by atoms with Crippen LogP contribution in [0.15, 0.2) is 24.3 Å². The lowest BCUT2D eigenvalue weighted by Gasteiger charge is -2.20. The highest BCUT2D eigenvalue weighted by atomic mass is 14.8. The van der Waals surface area contributed by atoms with Crippen LogP contribution in [0.2, 0.25) is 0 Å².